The molecule has 0 aliphatic heterocycles. The van der Waals surface area contributed by atoms with E-state index in [1.165, 1.54) is 11.0 Å². The van der Waals surface area contributed by atoms with E-state index in [2.05, 4.69) is 10.5 Å². The van der Waals surface area contributed by atoms with Crippen molar-refractivity contribution < 1.29 is 14.1 Å². The summed E-state index contributed by atoms with van der Waals surface area (Å²) in [7, 11) is 1.54. The molecule has 0 radical (unpaired) electrons. The second-order valence-electron chi connectivity index (χ2n) is 6.31. The van der Waals surface area contributed by atoms with E-state index in [4.69, 9.17) is 16.1 Å². The molecule has 0 bridgehead atoms. The second-order valence-corrected chi connectivity index (χ2v) is 6.74. The molecule has 6 nitrogen and oxygen atoms in total. The van der Waals surface area contributed by atoms with Crippen LogP contribution in [0, 0.1) is 0 Å². The number of benzene rings is 2. The van der Waals surface area contributed by atoms with Crippen molar-refractivity contribution in [2.75, 3.05) is 18.9 Å². The first-order valence-corrected chi connectivity index (χ1v) is 9.21. The molecule has 1 N–H and O–H groups in total. The number of aryl methyl sites for hydroxylation is 1. The Bertz CT molecular complexity index is 1000. The first-order chi connectivity index (χ1) is 13.5. The summed E-state index contributed by atoms with van der Waals surface area (Å²) in [4.78, 5) is 26.2. The third-order valence-corrected chi connectivity index (χ3v) is 4.47. The lowest BCUT2D eigenvalue weighted by molar-refractivity contribution is -0.116. The van der Waals surface area contributed by atoms with E-state index >= 15 is 0 Å². The number of nitrogens with zero attached hydrogens (tertiary/aromatic N) is 2. The quantitative estimate of drug-likeness (QED) is 0.674. The molecule has 3 aromatic rings. The molecule has 0 saturated heterocycles. The first-order valence-electron chi connectivity index (χ1n) is 8.83. The molecule has 1 heterocycles. The molecule has 0 aliphatic rings. The topological polar surface area (TPSA) is 75.4 Å². The average Bonchev–Trinajstić information content (AvgIpc) is 3.18. The third-order valence-electron chi connectivity index (χ3n) is 4.24. The summed E-state index contributed by atoms with van der Waals surface area (Å²) in [6.45, 7) is 1.92. The smallest absolute Gasteiger partial charge is 0.276 e. The van der Waals surface area contributed by atoms with Gasteiger partial charge in [-0.25, -0.2) is 0 Å². The molecule has 2 aromatic carbocycles. The Morgan fingerprint density at radius 3 is 2.68 bits per heavy atom. The van der Waals surface area contributed by atoms with Gasteiger partial charge in [0.2, 0.25) is 5.91 Å². The molecule has 2 amide bonds. The fourth-order valence-electron chi connectivity index (χ4n) is 2.78. The van der Waals surface area contributed by atoms with E-state index < -0.39 is 5.91 Å². The number of carbonyl (C=O) groups excluding carboxylic acids is 2. The maximum Gasteiger partial charge on any atom is 0.276 e. The predicted molar refractivity (Wildman–Crippen MR) is 108 cm³/mol. The van der Waals surface area contributed by atoms with Crippen LogP contribution in [-0.2, 0) is 11.2 Å². The number of hydrogen-bond acceptors (Lipinski definition) is 4. The summed E-state index contributed by atoms with van der Waals surface area (Å²) in [5, 5.41) is 7.22. The van der Waals surface area contributed by atoms with Crippen LogP contribution in [0.1, 0.15) is 23.0 Å². The number of nitrogens with one attached hydrogen (secondary N) is 1. The van der Waals surface area contributed by atoms with Gasteiger partial charge in [0.05, 0.1) is 6.54 Å². The highest BCUT2D eigenvalue weighted by Gasteiger charge is 2.20. The van der Waals surface area contributed by atoms with Crippen molar-refractivity contribution in [2.45, 2.75) is 13.3 Å². The van der Waals surface area contributed by atoms with Gasteiger partial charge in [0, 0.05) is 29.4 Å². The van der Waals surface area contributed by atoms with E-state index in [0.717, 1.165) is 23.2 Å². The lowest BCUT2D eigenvalue weighted by Crippen LogP contribution is -2.35. The zero-order valence-corrected chi connectivity index (χ0v) is 16.4. The van der Waals surface area contributed by atoms with Crippen LogP contribution in [0.3, 0.4) is 0 Å². The number of aromatic nitrogens is 1. The number of para-hydroxylation sites is 1. The molecule has 1 aromatic heterocycles. The summed E-state index contributed by atoms with van der Waals surface area (Å²) >= 11 is 5.98. The summed E-state index contributed by atoms with van der Waals surface area (Å²) in [5.41, 5.74) is 2.63. The fourth-order valence-corrected chi connectivity index (χ4v) is 2.97. The van der Waals surface area contributed by atoms with Crippen LogP contribution < -0.4 is 5.32 Å². The number of likely N-dealkylation sites (N-methyl/N-ethyl adjacent to an activating group) is 1. The fraction of sp³-hybridized carbons (Fsp3) is 0.190. The minimum Gasteiger partial charge on any atom is -0.355 e. The normalized spacial score (nSPS) is 10.5. The van der Waals surface area contributed by atoms with Crippen molar-refractivity contribution in [1.82, 2.24) is 10.1 Å². The minimum absolute atomic E-state index is 0.101. The molecule has 0 aliphatic carbocycles. The predicted octanol–water partition coefficient (Wildman–Crippen LogP) is 4.27. The van der Waals surface area contributed by atoms with Gasteiger partial charge in [-0.3, -0.25) is 9.59 Å². The van der Waals surface area contributed by atoms with Gasteiger partial charge in [0.15, 0.2) is 11.5 Å². The van der Waals surface area contributed by atoms with Crippen molar-refractivity contribution in [2.24, 2.45) is 0 Å². The largest absolute Gasteiger partial charge is 0.355 e. The molecular formula is C21H20ClN3O3. The van der Waals surface area contributed by atoms with Gasteiger partial charge in [-0.15, -0.1) is 0 Å². The van der Waals surface area contributed by atoms with Crippen LogP contribution in [0.2, 0.25) is 5.02 Å². The number of rotatable bonds is 6. The lowest BCUT2D eigenvalue weighted by atomic mass is 10.1. The molecule has 0 atom stereocenters. The molecule has 0 spiro atoms. The molecule has 0 unspecified atom stereocenters. The van der Waals surface area contributed by atoms with E-state index in [1.807, 2.05) is 37.3 Å². The molecule has 3 rings (SSSR count). The van der Waals surface area contributed by atoms with Gasteiger partial charge in [0.1, 0.15) is 0 Å². The van der Waals surface area contributed by atoms with Gasteiger partial charge >= 0.3 is 0 Å². The lowest BCUT2D eigenvalue weighted by Gasteiger charge is -2.16. The number of anilines is 1. The Kier molecular flexibility index (Phi) is 6.11. The maximum absolute atomic E-state index is 12.6. The Balaban J connectivity index is 1.65. The summed E-state index contributed by atoms with van der Waals surface area (Å²) < 4.78 is 5.25. The van der Waals surface area contributed by atoms with Gasteiger partial charge < -0.3 is 14.7 Å². The van der Waals surface area contributed by atoms with E-state index in [0.29, 0.717) is 10.8 Å². The minimum atomic E-state index is -0.407. The highest BCUT2D eigenvalue weighted by atomic mass is 35.5. The molecular weight excluding hydrogens is 378 g/mol. The van der Waals surface area contributed by atoms with Crippen LogP contribution in [0.25, 0.3) is 11.3 Å². The number of hydrogen-bond donors (Lipinski definition) is 1. The Hall–Kier alpha value is -3.12. The number of amides is 2. The Morgan fingerprint density at radius 1 is 1.14 bits per heavy atom. The SMILES string of the molecule is CCc1ccccc1NC(=O)CN(C)C(=O)c1cc(-c2cccc(Cl)c2)on1. The van der Waals surface area contributed by atoms with Crippen molar-refractivity contribution in [3.8, 4) is 11.3 Å². The van der Waals surface area contributed by atoms with Crippen LogP contribution in [0.4, 0.5) is 5.69 Å². The average molecular weight is 398 g/mol. The third kappa shape index (κ3) is 4.58. The van der Waals surface area contributed by atoms with Crippen molar-refractivity contribution in [3.05, 3.63) is 70.9 Å². The van der Waals surface area contributed by atoms with Crippen molar-refractivity contribution in [3.63, 3.8) is 0 Å². The standard InChI is InChI=1S/C21H20ClN3O3/c1-3-14-7-4-5-10-17(14)23-20(26)13-25(2)21(27)18-12-19(28-24-18)15-8-6-9-16(22)11-15/h4-12H,3,13H2,1-2H3,(H,23,26). The van der Waals surface area contributed by atoms with Crippen LogP contribution in [0.15, 0.2) is 59.1 Å². The first kappa shape index (κ1) is 19.6. The summed E-state index contributed by atoms with van der Waals surface area (Å²) in [6.07, 6.45) is 0.802. The molecule has 144 valence electrons. The number of halogens is 1. The van der Waals surface area contributed by atoms with Gasteiger partial charge in [-0.2, -0.15) is 0 Å². The van der Waals surface area contributed by atoms with Gasteiger partial charge in [-0.1, -0.05) is 54.0 Å². The van der Waals surface area contributed by atoms with Gasteiger partial charge in [-0.05, 0) is 30.2 Å². The van der Waals surface area contributed by atoms with E-state index in [-0.39, 0.29) is 18.1 Å². The van der Waals surface area contributed by atoms with Crippen molar-refractivity contribution in [1.29, 1.82) is 0 Å². The van der Waals surface area contributed by atoms with Gasteiger partial charge in [0.25, 0.3) is 5.91 Å². The zero-order valence-electron chi connectivity index (χ0n) is 15.6. The highest BCUT2D eigenvalue weighted by molar-refractivity contribution is 6.30. The molecule has 0 fully saturated rings. The summed E-state index contributed by atoms with van der Waals surface area (Å²) in [5.74, 6) is -0.258. The van der Waals surface area contributed by atoms with E-state index in [1.54, 1.807) is 25.2 Å². The van der Waals surface area contributed by atoms with Crippen LogP contribution in [0.5, 0.6) is 0 Å². The maximum atomic E-state index is 12.6. The molecule has 0 saturated carbocycles. The monoisotopic (exact) mass is 397 g/mol. The molecule has 28 heavy (non-hydrogen) atoms. The Labute approximate surface area is 168 Å². The number of carbonyl (C=O) groups is 2. The Morgan fingerprint density at radius 2 is 1.93 bits per heavy atom. The van der Waals surface area contributed by atoms with Crippen LogP contribution >= 0.6 is 11.6 Å². The zero-order chi connectivity index (χ0) is 20.1. The van der Waals surface area contributed by atoms with Crippen LogP contribution in [-0.4, -0.2) is 35.5 Å². The second kappa shape index (κ2) is 8.71. The van der Waals surface area contributed by atoms with E-state index in [9.17, 15) is 9.59 Å². The van der Waals surface area contributed by atoms with Crippen molar-refractivity contribution >= 4 is 29.1 Å². The highest BCUT2D eigenvalue weighted by Crippen LogP contribution is 2.23. The molecule has 7 heteroatoms. The summed E-state index contributed by atoms with van der Waals surface area (Å²) in [6, 6.07) is 16.2.